The van der Waals surface area contributed by atoms with Gasteiger partial charge < -0.3 is 11.5 Å². The van der Waals surface area contributed by atoms with Crippen LogP contribution in [-0.4, -0.2) is 17.2 Å². The van der Waals surface area contributed by atoms with Gasteiger partial charge in [-0.05, 0) is 55.0 Å². The van der Waals surface area contributed by atoms with E-state index in [2.05, 4.69) is 0 Å². The summed E-state index contributed by atoms with van der Waals surface area (Å²) in [4.78, 5) is 25.2. The third-order valence-electron chi connectivity index (χ3n) is 3.93. The zero-order valence-electron chi connectivity index (χ0n) is 13.1. The number of Topliss-reactive ketones (excluding diaryl/α,β-unsaturated/α-hetero) is 2. The van der Waals surface area contributed by atoms with Crippen molar-refractivity contribution in [3.63, 3.8) is 0 Å². The van der Waals surface area contributed by atoms with E-state index in [0.29, 0.717) is 0 Å². The molecule has 4 N–H and O–H groups in total. The van der Waals surface area contributed by atoms with Crippen LogP contribution in [0.2, 0.25) is 0 Å². The maximum atomic E-state index is 13.0. The van der Waals surface area contributed by atoms with Crippen molar-refractivity contribution in [1.82, 2.24) is 0 Å². The molecule has 1 unspecified atom stereocenters. The van der Waals surface area contributed by atoms with Gasteiger partial charge in [0, 0.05) is 11.1 Å². The first-order chi connectivity index (χ1) is 11.3. The summed E-state index contributed by atoms with van der Waals surface area (Å²) in [5.41, 5.74) is 10.4. The number of ketones is 2. The van der Waals surface area contributed by atoms with Gasteiger partial charge in [-0.2, -0.15) is 0 Å². The van der Waals surface area contributed by atoms with Crippen LogP contribution in [0.1, 0.15) is 34.1 Å². The molecule has 0 aliphatic heterocycles. The Labute approximate surface area is 138 Å². The van der Waals surface area contributed by atoms with E-state index in [0.717, 1.165) is 24.3 Å². The van der Waals surface area contributed by atoms with E-state index < -0.39 is 34.8 Å². The molecule has 0 radical (unpaired) electrons. The summed E-state index contributed by atoms with van der Waals surface area (Å²) < 4.78 is 26.0. The van der Waals surface area contributed by atoms with Gasteiger partial charge in [-0.3, -0.25) is 9.59 Å². The van der Waals surface area contributed by atoms with Crippen molar-refractivity contribution in [2.75, 3.05) is 0 Å². The number of benzene rings is 2. The summed E-state index contributed by atoms with van der Waals surface area (Å²) in [5.74, 6) is -3.09. The van der Waals surface area contributed by atoms with Gasteiger partial charge in [-0.15, -0.1) is 0 Å². The van der Waals surface area contributed by atoms with Crippen LogP contribution >= 0.6 is 0 Å². The van der Waals surface area contributed by atoms with E-state index in [1.807, 2.05) is 0 Å². The van der Waals surface area contributed by atoms with Gasteiger partial charge in [0.2, 0.25) is 0 Å². The number of halogens is 2. The molecule has 126 valence electrons. The van der Waals surface area contributed by atoms with Gasteiger partial charge in [0.1, 0.15) is 17.3 Å². The van der Waals surface area contributed by atoms with Crippen molar-refractivity contribution in [2.24, 2.45) is 17.4 Å². The molecule has 0 saturated carbocycles. The monoisotopic (exact) mass is 332 g/mol. The zero-order chi connectivity index (χ0) is 17.9. The normalized spacial score (nSPS) is 12.7. The fraction of sp³-hybridized carbons (Fsp3) is 0.222. The molecule has 0 spiro atoms. The molecule has 0 bridgehead atoms. The summed E-state index contributed by atoms with van der Waals surface area (Å²) in [6.07, 6.45) is 0.218. The molecule has 0 fully saturated rings. The van der Waals surface area contributed by atoms with Crippen LogP contribution < -0.4 is 11.5 Å². The summed E-state index contributed by atoms with van der Waals surface area (Å²) in [6.45, 7) is 1.68. The zero-order valence-corrected chi connectivity index (χ0v) is 13.1. The second kappa shape index (κ2) is 6.98. The maximum Gasteiger partial charge on any atom is 0.197 e. The van der Waals surface area contributed by atoms with Crippen molar-refractivity contribution in [1.29, 1.82) is 0 Å². The highest BCUT2D eigenvalue weighted by Gasteiger charge is 2.42. The van der Waals surface area contributed by atoms with Crippen LogP contribution in [0, 0.1) is 17.6 Å². The molecule has 4 nitrogen and oxygen atoms in total. The van der Waals surface area contributed by atoms with Gasteiger partial charge in [0.15, 0.2) is 11.6 Å². The number of nitrogens with two attached hydrogens (primary N) is 2. The molecular formula is C18H18F2N2O2. The van der Waals surface area contributed by atoms with Crippen molar-refractivity contribution < 1.29 is 18.4 Å². The topological polar surface area (TPSA) is 86.2 Å². The van der Waals surface area contributed by atoms with E-state index >= 15 is 0 Å². The van der Waals surface area contributed by atoms with Crippen LogP contribution in [0.25, 0.3) is 0 Å². The largest absolute Gasteiger partial charge is 0.306 e. The van der Waals surface area contributed by atoms with Crippen LogP contribution in [0.3, 0.4) is 0 Å². The van der Waals surface area contributed by atoms with Gasteiger partial charge in [-0.1, -0.05) is 6.92 Å². The fourth-order valence-electron chi connectivity index (χ4n) is 2.56. The van der Waals surface area contributed by atoms with Crippen LogP contribution in [0.4, 0.5) is 8.78 Å². The van der Waals surface area contributed by atoms with Crippen LogP contribution in [0.5, 0.6) is 0 Å². The number of hydrogen-bond donors (Lipinski definition) is 2. The third kappa shape index (κ3) is 3.55. The standard InChI is InChI=1S/C18H18F2N2O2/c1-2-15(16(23)11-3-7-13(19)8-4-11)18(21,22)17(24)12-5-9-14(20)10-6-12/h3-10,15H,2,21-22H2,1H3. The van der Waals surface area contributed by atoms with Crippen molar-refractivity contribution in [3.05, 3.63) is 71.3 Å². The smallest absolute Gasteiger partial charge is 0.197 e. The molecular weight excluding hydrogens is 314 g/mol. The van der Waals surface area contributed by atoms with Crippen molar-refractivity contribution >= 4 is 11.6 Å². The minimum atomic E-state index is -1.96. The summed E-state index contributed by atoms with van der Waals surface area (Å²) in [6, 6.07) is 9.70. The van der Waals surface area contributed by atoms with E-state index in [-0.39, 0.29) is 17.5 Å². The molecule has 0 saturated heterocycles. The SMILES string of the molecule is CCC(C(=O)c1ccc(F)cc1)C(N)(N)C(=O)c1ccc(F)cc1. The highest BCUT2D eigenvalue weighted by atomic mass is 19.1. The molecule has 2 aromatic carbocycles. The third-order valence-corrected chi connectivity index (χ3v) is 3.93. The van der Waals surface area contributed by atoms with Crippen molar-refractivity contribution in [2.45, 2.75) is 19.0 Å². The lowest BCUT2D eigenvalue weighted by Crippen LogP contribution is -2.63. The predicted octanol–water partition coefficient (Wildman–Crippen LogP) is 2.67. The second-order valence-corrected chi connectivity index (χ2v) is 5.60. The Morgan fingerprint density at radius 1 is 0.917 bits per heavy atom. The summed E-state index contributed by atoms with van der Waals surface area (Å²) in [7, 11) is 0. The summed E-state index contributed by atoms with van der Waals surface area (Å²) >= 11 is 0. The maximum absolute atomic E-state index is 13.0. The lowest BCUT2D eigenvalue weighted by molar-refractivity contribution is 0.0722. The predicted molar refractivity (Wildman–Crippen MR) is 86.3 cm³/mol. The van der Waals surface area contributed by atoms with Gasteiger partial charge in [0.05, 0.1) is 5.92 Å². The van der Waals surface area contributed by atoms with Gasteiger partial charge in [-0.25, -0.2) is 8.78 Å². The van der Waals surface area contributed by atoms with E-state index in [9.17, 15) is 18.4 Å². The highest BCUT2D eigenvalue weighted by molar-refractivity contribution is 6.08. The second-order valence-electron chi connectivity index (χ2n) is 5.60. The average molecular weight is 332 g/mol. The molecule has 0 aromatic heterocycles. The van der Waals surface area contributed by atoms with E-state index in [1.54, 1.807) is 6.92 Å². The molecule has 0 aliphatic rings. The molecule has 0 heterocycles. The van der Waals surface area contributed by atoms with Crippen LogP contribution in [-0.2, 0) is 0 Å². The minimum Gasteiger partial charge on any atom is -0.306 e. The minimum absolute atomic E-state index is 0.117. The Hall–Kier alpha value is -2.44. The first kappa shape index (κ1) is 17.9. The average Bonchev–Trinajstić information content (AvgIpc) is 2.55. The first-order valence-corrected chi connectivity index (χ1v) is 7.45. The van der Waals surface area contributed by atoms with Gasteiger partial charge in [0.25, 0.3) is 0 Å². The Bertz CT molecular complexity index is 741. The molecule has 1 atom stereocenters. The lowest BCUT2D eigenvalue weighted by Gasteiger charge is -2.31. The summed E-state index contributed by atoms with van der Waals surface area (Å²) in [5, 5.41) is 0. The van der Waals surface area contributed by atoms with Crippen LogP contribution in [0.15, 0.2) is 48.5 Å². The quantitative estimate of drug-likeness (QED) is 0.629. The molecule has 0 aliphatic carbocycles. The molecule has 0 amide bonds. The van der Waals surface area contributed by atoms with Gasteiger partial charge >= 0.3 is 0 Å². The van der Waals surface area contributed by atoms with Crippen molar-refractivity contribution in [3.8, 4) is 0 Å². The highest BCUT2D eigenvalue weighted by Crippen LogP contribution is 2.23. The van der Waals surface area contributed by atoms with E-state index in [1.165, 1.54) is 24.3 Å². The Kier molecular flexibility index (Phi) is 5.21. The lowest BCUT2D eigenvalue weighted by atomic mass is 9.80. The first-order valence-electron chi connectivity index (χ1n) is 7.45. The Morgan fingerprint density at radius 3 is 1.75 bits per heavy atom. The Balaban J connectivity index is 2.33. The molecule has 24 heavy (non-hydrogen) atoms. The number of hydrogen-bond acceptors (Lipinski definition) is 4. The number of carbonyl (C=O) groups excluding carboxylic acids is 2. The fourth-order valence-corrected chi connectivity index (χ4v) is 2.56. The molecule has 6 heteroatoms. The van der Waals surface area contributed by atoms with E-state index in [4.69, 9.17) is 11.5 Å². The Morgan fingerprint density at radius 2 is 1.33 bits per heavy atom. The molecule has 2 aromatic rings. The number of carbonyl (C=O) groups is 2. The molecule has 2 rings (SSSR count). The number of rotatable bonds is 6.